The lowest BCUT2D eigenvalue weighted by Gasteiger charge is -2.42. The third-order valence-corrected chi connectivity index (χ3v) is 7.69. The molecule has 2 aromatic carbocycles. The molecule has 0 saturated carbocycles. The largest absolute Gasteiger partial charge is 0.467 e. The first-order valence-electron chi connectivity index (χ1n) is 13.6. The van der Waals surface area contributed by atoms with Crippen LogP contribution in [0.4, 0.5) is 0 Å². The van der Waals surface area contributed by atoms with Crippen molar-refractivity contribution >= 4 is 11.9 Å². The standard InChI is InChI=1S/C30H33N3O9/c1-16(2)32-15-19(21(17-10-6-4-7-11-17)18-12-8-5-9-13-18)33-22(28(32)38)26(20(34)14-31-33)41-30-25(37)23(35)24(36)27(42-30)29(39)40-3/h4-14,16,19,21,23-25,27,30,35-37H,15H2,1-3H3/t19-,23?,24?,25?,27?,30?/m1/s1. The number of hydrogen-bond donors (Lipinski definition) is 3. The SMILES string of the molecule is COC(=O)C1OC(Oc2c3n(ncc2=O)[C@@H](C(c2ccccc2)c2ccccc2)CN(C(C)C)C3=O)C(O)C(O)C1O. The maximum Gasteiger partial charge on any atom is 0.337 e. The van der Waals surface area contributed by atoms with Gasteiger partial charge in [-0.3, -0.25) is 14.3 Å². The molecule has 3 heterocycles. The minimum atomic E-state index is -1.87. The zero-order valence-electron chi connectivity index (χ0n) is 23.3. The van der Waals surface area contributed by atoms with E-state index in [9.17, 15) is 29.7 Å². The second-order valence-corrected chi connectivity index (χ2v) is 10.6. The first-order chi connectivity index (χ1) is 20.1. The first-order valence-corrected chi connectivity index (χ1v) is 13.6. The number of benzene rings is 2. The van der Waals surface area contributed by atoms with Crippen LogP contribution in [0, 0.1) is 0 Å². The van der Waals surface area contributed by atoms with Crippen LogP contribution in [0.3, 0.4) is 0 Å². The van der Waals surface area contributed by atoms with E-state index >= 15 is 0 Å². The summed E-state index contributed by atoms with van der Waals surface area (Å²) in [7, 11) is 1.06. The molecular formula is C30H33N3O9. The lowest BCUT2D eigenvalue weighted by Crippen LogP contribution is -2.61. The summed E-state index contributed by atoms with van der Waals surface area (Å²) < 4.78 is 17.4. The maximum absolute atomic E-state index is 13.9. The van der Waals surface area contributed by atoms with Gasteiger partial charge in [0.2, 0.25) is 17.5 Å². The Hall–Kier alpha value is -4.10. The highest BCUT2D eigenvalue weighted by Gasteiger charge is 2.49. The number of aromatic nitrogens is 2. The normalized spacial score (nSPS) is 25.8. The van der Waals surface area contributed by atoms with Crippen molar-refractivity contribution in [2.24, 2.45) is 0 Å². The van der Waals surface area contributed by atoms with E-state index in [4.69, 9.17) is 9.47 Å². The third kappa shape index (κ3) is 5.29. The van der Waals surface area contributed by atoms with Gasteiger partial charge in [-0.1, -0.05) is 60.7 Å². The molecule has 222 valence electrons. The van der Waals surface area contributed by atoms with Crippen molar-refractivity contribution in [2.75, 3.05) is 13.7 Å². The van der Waals surface area contributed by atoms with Gasteiger partial charge in [0.15, 0.2) is 11.8 Å². The molecule has 0 aliphatic carbocycles. The molecule has 12 heteroatoms. The van der Waals surface area contributed by atoms with Crippen molar-refractivity contribution in [3.63, 3.8) is 0 Å². The predicted molar refractivity (Wildman–Crippen MR) is 148 cm³/mol. The Balaban J connectivity index is 1.64. The Labute approximate surface area is 241 Å². The lowest BCUT2D eigenvalue weighted by molar-refractivity contribution is -0.272. The summed E-state index contributed by atoms with van der Waals surface area (Å²) in [6, 6.07) is 18.7. The summed E-state index contributed by atoms with van der Waals surface area (Å²) in [6.07, 6.45) is -8.06. The van der Waals surface area contributed by atoms with E-state index in [1.54, 1.807) is 4.90 Å². The number of fused-ring (bicyclic) bond motifs is 1. The van der Waals surface area contributed by atoms with Crippen molar-refractivity contribution in [1.29, 1.82) is 0 Å². The van der Waals surface area contributed by atoms with Crippen LogP contribution in [0.5, 0.6) is 5.75 Å². The quantitative estimate of drug-likeness (QED) is 0.342. The Morgan fingerprint density at radius 2 is 1.55 bits per heavy atom. The zero-order chi connectivity index (χ0) is 30.1. The van der Waals surface area contributed by atoms with Crippen LogP contribution in [0.25, 0.3) is 0 Å². The molecule has 5 unspecified atom stereocenters. The molecule has 2 aliphatic rings. The fraction of sp³-hybridized carbons (Fsp3) is 0.400. The average Bonchev–Trinajstić information content (AvgIpc) is 3.00. The van der Waals surface area contributed by atoms with Crippen LogP contribution in [0.2, 0.25) is 0 Å². The van der Waals surface area contributed by atoms with Crippen LogP contribution in [0.15, 0.2) is 71.7 Å². The van der Waals surface area contributed by atoms with Crippen LogP contribution in [-0.4, -0.2) is 92.3 Å². The van der Waals surface area contributed by atoms with Gasteiger partial charge in [-0.15, -0.1) is 0 Å². The fourth-order valence-electron chi connectivity index (χ4n) is 5.53. The number of esters is 1. The second kappa shape index (κ2) is 12.0. The molecule has 5 rings (SSSR count). The molecule has 12 nitrogen and oxygen atoms in total. The number of aliphatic hydroxyl groups excluding tert-OH is 3. The van der Waals surface area contributed by atoms with Crippen LogP contribution in [-0.2, 0) is 14.3 Å². The molecule has 1 amide bonds. The van der Waals surface area contributed by atoms with Gasteiger partial charge in [0.25, 0.3) is 5.91 Å². The van der Waals surface area contributed by atoms with Gasteiger partial charge in [-0.25, -0.2) is 4.79 Å². The Morgan fingerprint density at radius 1 is 0.952 bits per heavy atom. The van der Waals surface area contributed by atoms with Gasteiger partial charge >= 0.3 is 5.97 Å². The van der Waals surface area contributed by atoms with Crippen molar-refractivity contribution in [3.8, 4) is 5.75 Å². The number of ether oxygens (including phenoxy) is 3. The van der Waals surface area contributed by atoms with Crippen LogP contribution >= 0.6 is 0 Å². The second-order valence-electron chi connectivity index (χ2n) is 10.6. The molecule has 3 aromatic rings. The number of amides is 1. The average molecular weight is 580 g/mol. The molecule has 0 spiro atoms. The summed E-state index contributed by atoms with van der Waals surface area (Å²) in [6.45, 7) is 3.98. The van der Waals surface area contributed by atoms with Crippen molar-refractivity contribution in [3.05, 3.63) is 93.9 Å². The highest BCUT2D eigenvalue weighted by molar-refractivity contribution is 5.96. The van der Waals surface area contributed by atoms with Gasteiger partial charge in [-0.05, 0) is 25.0 Å². The van der Waals surface area contributed by atoms with Crippen molar-refractivity contribution < 1.29 is 39.1 Å². The zero-order valence-corrected chi connectivity index (χ0v) is 23.3. The minimum Gasteiger partial charge on any atom is -0.467 e. The van der Waals surface area contributed by atoms with Gasteiger partial charge in [0.1, 0.15) is 18.3 Å². The van der Waals surface area contributed by atoms with Crippen molar-refractivity contribution in [2.45, 2.75) is 62.6 Å². The molecule has 0 radical (unpaired) electrons. The number of carbonyl (C=O) groups excluding carboxylic acids is 2. The van der Waals surface area contributed by atoms with E-state index in [2.05, 4.69) is 9.84 Å². The van der Waals surface area contributed by atoms with Gasteiger partial charge in [0, 0.05) is 18.5 Å². The number of methoxy groups -OCH3 is 1. The summed E-state index contributed by atoms with van der Waals surface area (Å²) in [4.78, 5) is 40.9. The molecule has 1 aromatic heterocycles. The van der Waals surface area contributed by atoms with Crippen molar-refractivity contribution in [1.82, 2.24) is 14.7 Å². The third-order valence-electron chi connectivity index (χ3n) is 7.69. The Morgan fingerprint density at radius 3 is 2.10 bits per heavy atom. The summed E-state index contributed by atoms with van der Waals surface area (Å²) >= 11 is 0. The Bertz CT molecular complexity index is 1440. The van der Waals surface area contributed by atoms with E-state index in [1.165, 1.54) is 4.68 Å². The fourth-order valence-corrected chi connectivity index (χ4v) is 5.53. The molecule has 42 heavy (non-hydrogen) atoms. The summed E-state index contributed by atoms with van der Waals surface area (Å²) in [5.74, 6) is -2.31. The molecule has 3 N–H and O–H groups in total. The van der Waals surface area contributed by atoms with E-state index in [0.717, 1.165) is 24.4 Å². The van der Waals surface area contributed by atoms with E-state index < -0.39 is 59.8 Å². The molecule has 6 atom stereocenters. The topological polar surface area (TPSA) is 161 Å². The molecular weight excluding hydrogens is 546 g/mol. The number of hydrogen-bond acceptors (Lipinski definition) is 10. The molecule has 1 saturated heterocycles. The van der Waals surface area contributed by atoms with Gasteiger partial charge in [0.05, 0.1) is 19.3 Å². The number of nitrogens with zero attached hydrogens (tertiary/aromatic N) is 3. The maximum atomic E-state index is 13.9. The highest BCUT2D eigenvalue weighted by Crippen LogP contribution is 2.40. The number of rotatable bonds is 7. The lowest BCUT2D eigenvalue weighted by atomic mass is 9.83. The van der Waals surface area contributed by atoms with E-state index in [0.29, 0.717) is 0 Å². The molecule has 0 bridgehead atoms. The minimum absolute atomic E-state index is 0.171. The number of carbonyl (C=O) groups is 2. The van der Waals surface area contributed by atoms with E-state index in [1.807, 2.05) is 74.5 Å². The predicted octanol–water partition coefficient (Wildman–Crippen LogP) is 0.840. The Kier molecular flexibility index (Phi) is 8.41. The summed E-state index contributed by atoms with van der Waals surface area (Å²) in [5, 5.41) is 35.7. The van der Waals surface area contributed by atoms with Crippen LogP contribution in [0.1, 0.15) is 47.4 Å². The van der Waals surface area contributed by atoms with Gasteiger partial charge < -0.3 is 34.4 Å². The number of aliphatic hydroxyl groups is 3. The molecule has 1 fully saturated rings. The highest BCUT2D eigenvalue weighted by atomic mass is 16.7. The monoisotopic (exact) mass is 579 g/mol. The molecule has 2 aliphatic heterocycles. The van der Waals surface area contributed by atoms with Crippen LogP contribution < -0.4 is 10.2 Å². The van der Waals surface area contributed by atoms with Gasteiger partial charge in [-0.2, -0.15) is 5.10 Å². The first kappa shape index (κ1) is 29.4. The van der Waals surface area contributed by atoms with E-state index in [-0.39, 0.29) is 24.2 Å². The smallest absolute Gasteiger partial charge is 0.337 e. The summed E-state index contributed by atoms with van der Waals surface area (Å²) in [5.41, 5.74) is 0.978.